The van der Waals surface area contributed by atoms with Crippen LogP contribution in [0.1, 0.15) is 17.5 Å². The van der Waals surface area contributed by atoms with Crippen LogP contribution in [-0.4, -0.2) is 24.9 Å². The van der Waals surface area contributed by atoms with Crippen LogP contribution in [0.4, 0.5) is 13.2 Å². The number of benzene rings is 1. The van der Waals surface area contributed by atoms with Gasteiger partial charge in [0.2, 0.25) is 0 Å². The van der Waals surface area contributed by atoms with E-state index in [1.165, 1.54) is 13.2 Å². The summed E-state index contributed by atoms with van der Waals surface area (Å²) in [5, 5.41) is 0. The summed E-state index contributed by atoms with van der Waals surface area (Å²) in [6.07, 6.45) is -1.42. The molecule has 0 fully saturated rings. The second kappa shape index (κ2) is 5.51. The van der Waals surface area contributed by atoms with E-state index in [4.69, 9.17) is 4.74 Å². The molecule has 1 aliphatic heterocycles. The third kappa shape index (κ3) is 3.28. The van der Waals surface area contributed by atoms with Gasteiger partial charge in [0, 0.05) is 18.7 Å². The summed E-state index contributed by atoms with van der Waals surface area (Å²) in [6.45, 7) is 1.61. The van der Waals surface area contributed by atoms with E-state index in [0.29, 0.717) is 6.54 Å². The maximum atomic E-state index is 12.7. The van der Waals surface area contributed by atoms with Crippen molar-refractivity contribution in [3.63, 3.8) is 0 Å². The Hall–Kier alpha value is -1.06. The first-order valence-corrected chi connectivity index (χ1v) is 6.37. The van der Waals surface area contributed by atoms with E-state index in [9.17, 15) is 13.2 Å². The number of hydrogen-bond donors (Lipinski definition) is 0. The van der Waals surface area contributed by atoms with E-state index in [0.717, 1.165) is 36.2 Å². The summed E-state index contributed by atoms with van der Waals surface area (Å²) >= 11 is 0. The highest BCUT2D eigenvalue weighted by Gasteiger charge is 2.31. The Labute approximate surface area is 112 Å². The van der Waals surface area contributed by atoms with Gasteiger partial charge < -0.3 is 4.74 Å². The smallest absolute Gasteiger partial charge is 0.416 e. The number of hydrogen-bond acceptors (Lipinski definition) is 2. The van der Waals surface area contributed by atoms with Gasteiger partial charge in [-0.2, -0.15) is 13.2 Å². The van der Waals surface area contributed by atoms with Crippen molar-refractivity contribution < 1.29 is 17.9 Å². The third-order valence-corrected chi connectivity index (χ3v) is 3.50. The number of ether oxygens (including phenoxy) is 1. The third-order valence-electron chi connectivity index (χ3n) is 3.06. The molecule has 2 nitrogen and oxygen atoms in total. The van der Waals surface area contributed by atoms with E-state index in [1.54, 1.807) is 0 Å². The van der Waals surface area contributed by atoms with Gasteiger partial charge in [-0.25, -0.2) is 0 Å². The average Bonchev–Trinajstić information content (AvgIpc) is 2.37. The zero-order valence-corrected chi connectivity index (χ0v) is 11.7. The van der Waals surface area contributed by atoms with Crippen molar-refractivity contribution >= 4 is 15.0 Å². The van der Waals surface area contributed by atoms with Crippen LogP contribution in [0, 0.1) is 0 Å². The van der Waals surface area contributed by atoms with Crippen molar-refractivity contribution in [2.45, 2.75) is 12.6 Å². The SMILES string of the molecule is COc1cc(C(F)(F)F)ccc1C1=CCCN(P)C1. The van der Waals surface area contributed by atoms with E-state index < -0.39 is 11.7 Å². The van der Waals surface area contributed by atoms with Crippen LogP contribution in [0.2, 0.25) is 0 Å². The average molecular weight is 289 g/mol. The zero-order valence-electron chi connectivity index (χ0n) is 10.5. The van der Waals surface area contributed by atoms with E-state index in [-0.39, 0.29) is 5.75 Å². The lowest BCUT2D eigenvalue weighted by molar-refractivity contribution is -0.137. The molecule has 1 aromatic carbocycles. The van der Waals surface area contributed by atoms with Crippen LogP contribution < -0.4 is 4.74 Å². The Morgan fingerprint density at radius 1 is 1.32 bits per heavy atom. The van der Waals surface area contributed by atoms with Crippen molar-refractivity contribution in [2.24, 2.45) is 0 Å². The first kappa shape index (κ1) is 14.4. The monoisotopic (exact) mass is 289 g/mol. The lowest BCUT2D eigenvalue weighted by atomic mass is 9.99. The molecular formula is C13H15F3NOP. The van der Waals surface area contributed by atoms with Gasteiger partial charge in [-0.3, -0.25) is 4.67 Å². The van der Waals surface area contributed by atoms with Crippen LogP contribution >= 0.6 is 9.39 Å². The van der Waals surface area contributed by atoms with Gasteiger partial charge in [0.1, 0.15) is 5.75 Å². The number of alkyl halides is 3. The Morgan fingerprint density at radius 2 is 2.05 bits per heavy atom. The van der Waals surface area contributed by atoms with Gasteiger partial charge in [0.05, 0.1) is 12.7 Å². The normalized spacial score (nSPS) is 17.2. The topological polar surface area (TPSA) is 12.5 Å². The molecule has 1 aromatic rings. The Balaban J connectivity index is 2.39. The summed E-state index contributed by atoms with van der Waals surface area (Å²) in [4.78, 5) is 0. The molecular weight excluding hydrogens is 274 g/mol. The fourth-order valence-corrected chi connectivity index (χ4v) is 2.44. The molecule has 0 radical (unpaired) electrons. The van der Waals surface area contributed by atoms with E-state index in [2.05, 4.69) is 9.39 Å². The highest BCUT2D eigenvalue weighted by molar-refractivity contribution is 7.13. The van der Waals surface area contributed by atoms with E-state index >= 15 is 0 Å². The molecule has 1 atom stereocenters. The van der Waals surface area contributed by atoms with Gasteiger partial charge in [0.25, 0.3) is 0 Å². The first-order valence-electron chi connectivity index (χ1n) is 5.86. The predicted molar refractivity (Wildman–Crippen MR) is 71.9 cm³/mol. The minimum atomic E-state index is -4.35. The molecule has 1 aliphatic rings. The number of methoxy groups -OCH3 is 1. The van der Waals surface area contributed by atoms with Gasteiger partial charge >= 0.3 is 6.18 Å². The molecule has 6 heteroatoms. The molecule has 19 heavy (non-hydrogen) atoms. The van der Waals surface area contributed by atoms with Gasteiger partial charge in [-0.15, -0.1) is 0 Å². The molecule has 2 rings (SSSR count). The first-order chi connectivity index (χ1) is 8.91. The number of nitrogens with zero attached hydrogens (tertiary/aromatic N) is 1. The second-order valence-corrected chi connectivity index (χ2v) is 5.13. The van der Waals surface area contributed by atoms with Crippen LogP contribution in [0.15, 0.2) is 24.3 Å². The molecule has 0 bridgehead atoms. The highest BCUT2D eigenvalue weighted by Crippen LogP contribution is 2.36. The minimum Gasteiger partial charge on any atom is -0.496 e. The second-order valence-electron chi connectivity index (χ2n) is 4.40. The summed E-state index contributed by atoms with van der Waals surface area (Å²) in [5.74, 6) is 0.265. The van der Waals surface area contributed by atoms with Crippen molar-refractivity contribution in [1.82, 2.24) is 4.67 Å². The lowest BCUT2D eigenvalue weighted by Gasteiger charge is -2.24. The molecule has 104 valence electrons. The van der Waals surface area contributed by atoms with Crippen molar-refractivity contribution in [1.29, 1.82) is 0 Å². The zero-order chi connectivity index (χ0) is 14.0. The summed E-state index contributed by atoms with van der Waals surface area (Å²) in [6, 6.07) is 3.63. The fraction of sp³-hybridized carbons (Fsp3) is 0.385. The largest absolute Gasteiger partial charge is 0.496 e. The van der Waals surface area contributed by atoms with Gasteiger partial charge in [0.15, 0.2) is 0 Å². The van der Waals surface area contributed by atoms with Crippen LogP contribution in [0.25, 0.3) is 5.57 Å². The quantitative estimate of drug-likeness (QED) is 0.771. The predicted octanol–water partition coefficient (Wildman–Crippen LogP) is 3.59. The van der Waals surface area contributed by atoms with Crippen molar-refractivity contribution in [3.05, 3.63) is 35.4 Å². The number of halogens is 3. The number of rotatable bonds is 2. The van der Waals surface area contributed by atoms with Gasteiger partial charge in [-0.05, 0) is 24.1 Å². The molecule has 0 N–H and O–H groups in total. The van der Waals surface area contributed by atoms with Crippen LogP contribution in [0.5, 0.6) is 5.75 Å². The molecule has 0 saturated heterocycles. The Kier molecular flexibility index (Phi) is 4.16. The molecule has 0 amide bonds. The van der Waals surface area contributed by atoms with Crippen LogP contribution in [-0.2, 0) is 6.18 Å². The Morgan fingerprint density at radius 3 is 2.63 bits per heavy atom. The molecule has 0 saturated carbocycles. The molecule has 1 heterocycles. The highest BCUT2D eigenvalue weighted by atomic mass is 31.0. The lowest BCUT2D eigenvalue weighted by Crippen LogP contribution is -2.19. The fourth-order valence-electron chi connectivity index (χ4n) is 2.09. The van der Waals surface area contributed by atoms with Crippen molar-refractivity contribution in [3.8, 4) is 5.75 Å². The van der Waals surface area contributed by atoms with Crippen LogP contribution in [0.3, 0.4) is 0 Å². The Bertz CT molecular complexity index is 499. The maximum Gasteiger partial charge on any atom is 0.416 e. The molecule has 1 unspecified atom stereocenters. The van der Waals surface area contributed by atoms with E-state index in [1.807, 2.05) is 10.7 Å². The molecule has 0 aliphatic carbocycles. The summed E-state index contributed by atoms with van der Waals surface area (Å²) in [7, 11) is 4.00. The standard InChI is InChI=1S/C13H15F3NOP/c1-18-12-7-10(13(14,15)16)4-5-11(12)9-3-2-6-17(19)8-9/h3-5,7H,2,6,8,19H2,1H3. The van der Waals surface area contributed by atoms with Gasteiger partial charge in [-0.1, -0.05) is 21.5 Å². The molecule has 0 spiro atoms. The minimum absolute atomic E-state index is 0.265. The van der Waals surface area contributed by atoms with Crippen molar-refractivity contribution in [2.75, 3.05) is 20.2 Å². The maximum absolute atomic E-state index is 12.7. The summed E-state index contributed by atoms with van der Waals surface area (Å²) < 4.78 is 45.1. The summed E-state index contributed by atoms with van der Waals surface area (Å²) in [5.41, 5.74) is 1.03. The molecule has 0 aromatic heterocycles.